The fourth-order valence-electron chi connectivity index (χ4n) is 3.53. The Kier molecular flexibility index (Phi) is 8.35. The molecule has 2 aromatic carbocycles. The van der Waals surface area contributed by atoms with Gasteiger partial charge in [0, 0.05) is 35.2 Å². The zero-order chi connectivity index (χ0) is 25.5. The van der Waals surface area contributed by atoms with Crippen LogP contribution in [0.1, 0.15) is 15.9 Å². The molecule has 0 bridgehead atoms. The molecule has 2 aromatic heterocycles. The minimum atomic E-state index is -0.893. The molecule has 0 saturated carbocycles. The van der Waals surface area contributed by atoms with Gasteiger partial charge in [-0.3, -0.25) is 14.6 Å². The molecule has 0 radical (unpaired) electrons. The Morgan fingerprint density at radius 3 is 2.61 bits per heavy atom. The van der Waals surface area contributed by atoms with E-state index in [1.54, 1.807) is 30.5 Å². The van der Waals surface area contributed by atoms with E-state index in [0.717, 1.165) is 5.56 Å². The molecule has 0 saturated heterocycles. The standard InChI is InChI=1S/C26H21BrClN3O5/c27-10-12-35-26-22(28)19-9-8-18(14-20(19)25(34)36-26)30-24(33)21(13-16-5-2-1-3-6-16)31-23(32)17-7-4-11-29-15-17/h1-9,11,14-15,21H,10,12-13H2,(H,30,33)(H,31,32)/t21-/m0/s1. The molecule has 184 valence electrons. The molecule has 36 heavy (non-hydrogen) atoms. The second-order valence-corrected chi connectivity index (χ2v) is 8.91. The van der Waals surface area contributed by atoms with Crippen molar-refractivity contribution in [3.63, 3.8) is 0 Å². The Hall–Kier alpha value is -3.69. The summed E-state index contributed by atoms with van der Waals surface area (Å²) in [6, 6.07) is 16.4. The van der Waals surface area contributed by atoms with Crippen LogP contribution in [-0.2, 0) is 11.2 Å². The summed E-state index contributed by atoms with van der Waals surface area (Å²) in [5, 5.41) is 6.87. The highest BCUT2D eigenvalue weighted by Gasteiger charge is 2.23. The Morgan fingerprint density at radius 2 is 1.89 bits per heavy atom. The van der Waals surface area contributed by atoms with Crippen LogP contribution < -0.4 is 21.0 Å². The van der Waals surface area contributed by atoms with Crippen LogP contribution in [0.4, 0.5) is 5.69 Å². The smallest absolute Gasteiger partial charge is 0.346 e. The van der Waals surface area contributed by atoms with Gasteiger partial charge in [0.2, 0.25) is 5.91 Å². The fraction of sp³-hybridized carbons (Fsp3) is 0.154. The summed E-state index contributed by atoms with van der Waals surface area (Å²) in [6.07, 6.45) is 3.24. The molecule has 2 N–H and O–H groups in total. The number of alkyl halides is 1. The number of halogens is 2. The molecule has 0 aliphatic carbocycles. The maximum absolute atomic E-state index is 13.3. The highest BCUT2D eigenvalue weighted by Crippen LogP contribution is 2.32. The van der Waals surface area contributed by atoms with Gasteiger partial charge in [-0.2, -0.15) is 0 Å². The number of nitrogens with one attached hydrogen (secondary N) is 2. The highest BCUT2D eigenvalue weighted by atomic mass is 79.9. The van der Waals surface area contributed by atoms with Gasteiger partial charge in [-0.05, 0) is 29.8 Å². The van der Waals surface area contributed by atoms with Crippen molar-refractivity contribution in [3.8, 4) is 5.95 Å². The zero-order valence-electron chi connectivity index (χ0n) is 18.9. The monoisotopic (exact) mass is 569 g/mol. The lowest BCUT2D eigenvalue weighted by Crippen LogP contribution is -2.45. The zero-order valence-corrected chi connectivity index (χ0v) is 21.2. The van der Waals surface area contributed by atoms with Crippen LogP contribution in [0.25, 0.3) is 10.8 Å². The number of anilines is 1. The molecule has 4 rings (SSSR count). The van der Waals surface area contributed by atoms with Gasteiger partial charge in [0.25, 0.3) is 5.91 Å². The average Bonchev–Trinajstić information content (AvgIpc) is 2.90. The third-order valence-corrected chi connectivity index (χ3v) is 5.93. The summed E-state index contributed by atoms with van der Waals surface area (Å²) in [7, 11) is 0. The Bertz CT molecular complexity index is 1430. The SMILES string of the molecule is O=C(N[C@@H](Cc1ccccc1)C(=O)Nc1ccc2c(Cl)c(OCCBr)oc(=O)c2c1)c1cccnc1. The second-order valence-electron chi connectivity index (χ2n) is 7.74. The number of carbonyl (C=O) groups is 2. The van der Waals surface area contributed by atoms with Crippen LogP contribution in [0.2, 0.25) is 5.02 Å². The molecule has 10 heteroatoms. The highest BCUT2D eigenvalue weighted by molar-refractivity contribution is 9.09. The molecule has 8 nitrogen and oxygen atoms in total. The fourth-order valence-corrected chi connectivity index (χ4v) is 3.95. The van der Waals surface area contributed by atoms with E-state index in [1.807, 2.05) is 30.3 Å². The van der Waals surface area contributed by atoms with Gasteiger partial charge in [0.05, 0.1) is 10.9 Å². The number of nitrogens with zero attached hydrogens (tertiary/aromatic N) is 1. The van der Waals surface area contributed by atoms with Crippen LogP contribution in [0.3, 0.4) is 0 Å². The summed E-state index contributed by atoms with van der Waals surface area (Å²) in [5.41, 5.74) is 0.893. The molecule has 2 heterocycles. The number of carbonyl (C=O) groups excluding carboxylic acids is 2. The molecule has 1 atom stereocenters. The summed E-state index contributed by atoms with van der Waals surface area (Å²) >= 11 is 9.59. The van der Waals surface area contributed by atoms with Crippen molar-refractivity contribution in [1.82, 2.24) is 10.3 Å². The predicted octanol–water partition coefficient (Wildman–Crippen LogP) is 4.59. The summed E-state index contributed by atoms with van der Waals surface area (Å²) < 4.78 is 10.6. The third-order valence-electron chi connectivity index (χ3n) is 5.25. The quantitative estimate of drug-likeness (QED) is 0.285. The van der Waals surface area contributed by atoms with Gasteiger partial charge in [-0.25, -0.2) is 4.79 Å². The molecular formula is C26H21BrClN3O5. The lowest BCUT2D eigenvalue weighted by atomic mass is 10.0. The number of fused-ring (bicyclic) bond motifs is 1. The lowest BCUT2D eigenvalue weighted by Gasteiger charge is -2.19. The van der Waals surface area contributed by atoms with E-state index in [2.05, 4.69) is 31.5 Å². The van der Waals surface area contributed by atoms with E-state index in [1.165, 1.54) is 12.3 Å². The minimum Gasteiger partial charge on any atom is -0.463 e. The third kappa shape index (κ3) is 6.10. The second kappa shape index (κ2) is 11.8. The molecule has 0 spiro atoms. The van der Waals surface area contributed by atoms with Gasteiger partial charge in [-0.1, -0.05) is 63.9 Å². The average molecular weight is 571 g/mol. The van der Waals surface area contributed by atoms with Crippen molar-refractivity contribution in [2.45, 2.75) is 12.5 Å². The summed E-state index contributed by atoms with van der Waals surface area (Å²) in [5.74, 6) is -0.948. The maximum Gasteiger partial charge on any atom is 0.346 e. The van der Waals surface area contributed by atoms with Crippen molar-refractivity contribution in [2.24, 2.45) is 0 Å². The van der Waals surface area contributed by atoms with E-state index in [-0.39, 0.29) is 29.4 Å². The maximum atomic E-state index is 13.3. The van der Waals surface area contributed by atoms with Crippen LogP contribution in [-0.4, -0.2) is 34.8 Å². The molecule has 0 aliphatic heterocycles. The van der Waals surface area contributed by atoms with Gasteiger partial charge in [-0.15, -0.1) is 0 Å². The first-order chi connectivity index (χ1) is 17.5. The van der Waals surface area contributed by atoms with Crippen LogP contribution >= 0.6 is 27.5 Å². The van der Waals surface area contributed by atoms with E-state index >= 15 is 0 Å². The largest absolute Gasteiger partial charge is 0.463 e. The number of hydrogen-bond donors (Lipinski definition) is 2. The molecule has 0 unspecified atom stereocenters. The Morgan fingerprint density at radius 1 is 1.08 bits per heavy atom. The van der Waals surface area contributed by atoms with Crippen LogP contribution in [0.5, 0.6) is 5.95 Å². The number of rotatable bonds is 9. The van der Waals surface area contributed by atoms with E-state index in [4.69, 9.17) is 20.8 Å². The molecule has 0 aliphatic rings. The predicted molar refractivity (Wildman–Crippen MR) is 141 cm³/mol. The number of aromatic nitrogens is 1. The van der Waals surface area contributed by atoms with Crippen LogP contribution in [0, 0.1) is 0 Å². The van der Waals surface area contributed by atoms with Gasteiger partial charge < -0.3 is 19.8 Å². The van der Waals surface area contributed by atoms with Crippen molar-refractivity contribution < 1.29 is 18.7 Å². The number of amides is 2. The van der Waals surface area contributed by atoms with Crippen molar-refractivity contribution in [3.05, 3.63) is 99.6 Å². The minimum absolute atomic E-state index is 0.0635. The van der Waals surface area contributed by atoms with Crippen molar-refractivity contribution in [2.75, 3.05) is 17.3 Å². The molecule has 2 amide bonds. The van der Waals surface area contributed by atoms with Gasteiger partial charge in [0.1, 0.15) is 17.7 Å². The normalized spacial score (nSPS) is 11.6. The number of hydrogen-bond acceptors (Lipinski definition) is 6. The van der Waals surface area contributed by atoms with Gasteiger partial charge >= 0.3 is 11.6 Å². The molecular weight excluding hydrogens is 550 g/mol. The molecule has 4 aromatic rings. The van der Waals surface area contributed by atoms with E-state index < -0.39 is 23.5 Å². The number of benzene rings is 2. The first-order valence-electron chi connectivity index (χ1n) is 11.0. The topological polar surface area (TPSA) is 111 Å². The number of ether oxygens (including phenoxy) is 1. The first kappa shape index (κ1) is 25.4. The van der Waals surface area contributed by atoms with E-state index in [0.29, 0.717) is 22.0 Å². The number of pyridine rings is 1. The molecule has 0 fully saturated rings. The van der Waals surface area contributed by atoms with Crippen LogP contribution in [0.15, 0.2) is 82.3 Å². The van der Waals surface area contributed by atoms with E-state index in [9.17, 15) is 14.4 Å². The summed E-state index contributed by atoms with van der Waals surface area (Å²) in [6.45, 7) is 0.274. The van der Waals surface area contributed by atoms with Gasteiger partial charge in [0.15, 0.2) is 0 Å². The Balaban J connectivity index is 1.58. The lowest BCUT2D eigenvalue weighted by molar-refractivity contribution is -0.118. The Labute approximate surface area is 219 Å². The first-order valence-corrected chi connectivity index (χ1v) is 12.5. The van der Waals surface area contributed by atoms with Crippen molar-refractivity contribution >= 4 is 55.8 Å². The summed E-state index contributed by atoms with van der Waals surface area (Å²) in [4.78, 5) is 42.5. The van der Waals surface area contributed by atoms with Crippen molar-refractivity contribution in [1.29, 1.82) is 0 Å².